The van der Waals surface area contributed by atoms with Crippen LogP contribution in [0, 0.1) is 0 Å². The summed E-state index contributed by atoms with van der Waals surface area (Å²) in [5.41, 5.74) is 1.15. The second kappa shape index (κ2) is 3.89. The van der Waals surface area contributed by atoms with Crippen molar-refractivity contribution < 1.29 is 0 Å². The molecule has 0 saturated carbocycles. The van der Waals surface area contributed by atoms with Crippen molar-refractivity contribution in [2.75, 3.05) is 18.8 Å². The molecule has 0 spiro atoms. The predicted molar refractivity (Wildman–Crippen MR) is 65.1 cm³/mol. The maximum absolute atomic E-state index is 4.75. The molecule has 2 nitrogen and oxygen atoms in total. The van der Waals surface area contributed by atoms with Crippen LogP contribution in [0.1, 0.15) is 12.8 Å². The van der Waals surface area contributed by atoms with Crippen LogP contribution in [0.25, 0.3) is 0 Å². The molecule has 2 aliphatic heterocycles. The Morgan fingerprint density at radius 3 is 2.80 bits per heavy atom. The van der Waals surface area contributed by atoms with Gasteiger partial charge in [-0.25, -0.2) is 4.99 Å². The fourth-order valence-corrected chi connectivity index (χ4v) is 3.09. The molecule has 0 N–H and O–H groups in total. The quantitative estimate of drug-likeness (QED) is 0.665. The Morgan fingerprint density at radius 1 is 1.13 bits per heavy atom. The second-order valence-electron chi connectivity index (χ2n) is 3.98. The lowest BCUT2D eigenvalue weighted by Crippen LogP contribution is -2.30. The van der Waals surface area contributed by atoms with Crippen LogP contribution in [0.4, 0.5) is 5.69 Å². The summed E-state index contributed by atoms with van der Waals surface area (Å²) in [6, 6.07) is 8.42. The Morgan fingerprint density at radius 2 is 1.93 bits per heavy atom. The van der Waals surface area contributed by atoms with Crippen molar-refractivity contribution >= 4 is 23.3 Å². The van der Waals surface area contributed by atoms with Gasteiger partial charge in [-0.05, 0) is 25.0 Å². The van der Waals surface area contributed by atoms with Crippen molar-refractivity contribution in [2.24, 2.45) is 4.99 Å². The zero-order valence-corrected chi connectivity index (χ0v) is 9.46. The number of benzene rings is 1. The molecule has 0 bridgehead atoms. The van der Waals surface area contributed by atoms with E-state index in [1.54, 1.807) is 0 Å². The smallest absolute Gasteiger partial charge is 0.115 e. The Labute approximate surface area is 94.4 Å². The highest BCUT2D eigenvalue weighted by atomic mass is 32.2. The molecule has 1 fully saturated rings. The lowest BCUT2D eigenvalue weighted by molar-refractivity contribution is 0.517. The first-order chi connectivity index (χ1) is 7.43. The van der Waals surface area contributed by atoms with E-state index in [-0.39, 0.29) is 0 Å². The molecular weight excluding hydrogens is 204 g/mol. The number of nitrogens with zero attached hydrogens (tertiary/aromatic N) is 2. The van der Waals surface area contributed by atoms with Crippen molar-refractivity contribution in [3.63, 3.8) is 0 Å². The molecule has 3 rings (SSSR count). The maximum Gasteiger partial charge on any atom is 0.115 e. The van der Waals surface area contributed by atoms with Gasteiger partial charge in [0.25, 0.3) is 0 Å². The van der Waals surface area contributed by atoms with Gasteiger partial charge < -0.3 is 4.90 Å². The van der Waals surface area contributed by atoms with Crippen LogP contribution >= 0.6 is 11.8 Å². The van der Waals surface area contributed by atoms with Crippen molar-refractivity contribution in [1.29, 1.82) is 0 Å². The fraction of sp³-hybridized carbons (Fsp3) is 0.417. The third kappa shape index (κ3) is 1.76. The molecule has 78 valence electrons. The topological polar surface area (TPSA) is 15.6 Å². The number of rotatable bonds is 0. The first kappa shape index (κ1) is 9.28. The van der Waals surface area contributed by atoms with E-state index in [1.807, 2.05) is 11.8 Å². The summed E-state index contributed by atoms with van der Waals surface area (Å²) in [5, 5.41) is 0. The lowest BCUT2D eigenvalue weighted by atomic mass is 10.3. The Bertz CT molecular complexity index is 394. The van der Waals surface area contributed by atoms with E-state index in [2.05, 4.69) is 29.2 Å². The van der Waals surface area contributed by atoms with E-state index >= 15 is 0 Å². The molecule has 2 aliphatic rings. The summed E-state index contributed by atoms with van der Waals surface area (Å²) in [5.74, 6) is 2.31. The van der Waals surface area contributed by atoms with Crippen LogP contribution in [0.2, 0.25) is 0 Å². The van der Waals surface area contributed by atoms with Gasteiger partial charge in [-0.1, -0.05) is 12.1 Å². The Hall–Kier alpha value is -0.960. The van der Waals surface area contributed by atoms with Crippen LogP contribution in [0.5, 0.6) is 0 Å². The minimum atomic E-state index is 1.04. The summed E-state index contributed by atoms with van der Waals surface area (Å²) in [6.45, 7) is 2.39. The van der Waals surface area contributed by atoms with E-state index in [9.17, 15) is 0 Å². The molecule has 0 unspecified atom stereocenters. The van der Waals surface area contributed by atoms with Gasteiger partial charge in [0, 0.05) is 18.0 Å². The van der Waals surface area contributed by atoms with Gasteiger partial charge in [-0.2, -0.15) is 0 Å². The van der Waals surface area contributed by atoms with E-state index in [1.165, 1.54) is 36.7 Å². The number of aliphatic imine (C=N–C) groups is 1. The molecule has 0 aromatic heterocycles. The van der Waals surface area contributed by atoms with Gasteiger partial charge in [0.15, 0.2) is 0 Å². The molecule has 0 atom stereocenters. The maximum atomic E-state index is 4.75. The highest BCUT2D eigenvalue weighted by Gasteiger charge is 2.20. The van der Waals surface area contributed by atoms with Gasteiger partial charge in [0.2, 0.25) is 0 Å². The van der Waals surface area contributed by atoms with E-state index in [0.29, 0.717) is 0 Å². The highest BCUT2D eigenvalue weighted by molar-refractivity contribution is 8.00. The van der Waals surface area contributed by atoms with Crippen molar-refractivity contribution in [1.82, 2.24) is 4.90 Å². The second-order valence-corrected chi connectivity index (χ2v) is 5.00. The number of likely N-dealkylation sites (tertiary alicyclic amines) is 1. The molecule has 15 heavy (non-hydrogen) atoms. The van der Waals surface area contributed by atoms with Gasteiger partial charge in [-0.15, -0.1) is 11.8 Å². The van der Waals surface area contributed by atoms with Gasteiger partial charge in [0.05, 0.1) is 11.4 Å². The van der Waals surface area contributed by atoms with Gasteiger partial charge >= 0.3 is 0 Å². The molecule has 0 amide bonds. The molecule has 3 heteroatoms. The third-order valence-corrected chi connectivity index (χ3v) is 4.00. The van der Waals surface area contributed by atoms with Crippen molar-refractivity contribution in [2.45, 2.75) is 17.7 Å². The summed E-state index contributed by atoms with van der Waals surface area (Å²) in [6.07, 6.45) is 2.65. The molecule has 1 aromatic carbocycles. The third-order valence-electron chi connectivity index (χ3n) is 2.94. The number of hydrogen-bond acceptors (Lipinski definition) is 3. The van der Waals surface area contributed by atoms with Crippen LogP contribution < -0.4 is 0 Å². The first-order valence-electron chi connectivity index (χ1n) is 5.48. The van der Waals surface area contributed by atoms with Crippen LogP contribution in [0.15, 0.2) is 34.2 Å². The average molecular weight is 218 g/mol. The summed E-state index contributed by atoms with van der Waals surface area (Å²) in [4.78, 5) is 8.50. The van der Waals surface area contributed by atoms with E-state index in [4.69, 9.17) is 4.99 Å². The average Bonchev–Trinajstić information content (AvgIpc) is 2.82. The zero-order valence-electron chi connectivity index (χ0n) is 8.65. The Balaban J connectivity index is 1.91. The molecule has 1 saturated heterocycles. The van der Waals surface area contributed by atoms with Crippen molar-refractivity contribution in [3.05, 3.63) is 24.3 Å². The van der Waals surface area contributed by atoms with Crippen LogP contribution in [-0.4, -0.2) is 29.6 Å². The Kier molecular flexibility index (Phi) is 2.41. The largest absolute Gasteiger partial charge is 0.359 e. The first-order valence-corrected chi connectivity index (χ1v) is 6.46. The number of amidine groups is 1. The van der Waals surface area contributed by atoms with Crippen molar-refractivity contribution in [3.8, 4) is 0 Å². The fourth-order valence-electron chi connectivity index (χ4n) is 2.12. The number of fused-ring (bicyclic) bond motifs is 1. The molecule has 1 aromatic rings. The van der Waals surface area contributed by atoms with E-state index in [0.717, 1.165) is 11.4 Å². The number of hydrogen-bond donors (Lipinski definition) is 0. The number of para-hydroxylation sites is 1. The minimum Gasteiger partial charge on any atom is -0.359 e. The molecule has 2 heterocycles. The highest BCUT2D eigenvalue weighted by Crippen LogP contribution is 2.34. The standard InChI is InChI=1S/C12H14N2S/c1-2-6-11-10(5-1)13-12(9-15-11)14-7-3-4-8-14/h1-2,5-6H,3-4,7-9H2. The predicted octanol–water partition coefficient (Wildman–Crippen LogP) is 2.92. The van der Waals surface area contributed by atoms with Crippen LogP contribution in [-0.2, 0) is 0 Å². The minimum absolute atomic E-state index is 1.04. The monoisotopic (exact) mass is 218 g/mol. The van der Waals surface area contributed by atoms with Gasteiger partial charge in [0.1, 0.15) is 5.84 Å². The SMILES string of the molecule is c1ccc2c(c1)N=C(N1CCCC1)CS2. The molecule has 0 aliphatic carbocycles. The summed E-state index contributed by atoms with van der Waals surface area (Å²) < 4.78 is 0. The van der Waals surface area contributed by atoms with Crippen LogP contribution in [0.3, 0.4) is 0 Å². The molecular formula is C12H14N2S. The zero-order chi connectivity index (χ0) is 10.1. The normalized spacial score (nSPS) is 20.0. The molecule has 0 radical (unpaired) electrons. The summed E-state index contributed by atoms with van der Waals surface area (Å²) >= 11 is 1.91. The van der Waals surface area contributed by atoms with Gasteiger partial charge in [-0.3, -0.25) is 0 Å². The van der Waals surface area contributed by atoms with E-state index < -0.39 is 0 Å². The number of thioether (sulfide) groups is 1. The summed E-state index contributed by atoms with van der Waals surface area (Å²) in [7, 11) is 0. The lowest BCUT2D eigenvalue weighted by Gasteiger charge is -2.23.